The van der Waals surface area contributed by atoms with Crippen molar-refractivity contribution in [2.45, 2.75) is 6.92 Å². The van der Waals surface area contributed by atoms with Crippen molar-refractivity contribution in [3.05, 3.63) is 24.3 Å². The maximum Gasteiger partial charge on any atom is 0.177 e. The van der Waals surface area contributed by atoms with E-state index in [1.807, 2.05) is 0 Å². The summed E-state index contributed by atoms with van der Waals surface area (Å²) < 4.78 is 0. The van der Waals surface area contributed by atoms with Gasteiger partial charge in [0.25, 0.3) is 0 Å². The lowest BCUT2D eigenvalue weighted by atomic mass is 10.2. The molecule has 0 unspecified atom stereocenters. The molecule has 0 amide bonds. The second kappa shape index (κ2) is 4.33. The Labute approximate surface area is 60.0 Å². The quantitative estimate of drug-likeness (QED) is 0.336. The van der Waals surface area contributed by atoms with Crippen molar-refractivity contribution in [2.24, 2.45) is 0 Å². The minimum absolute atomic E-state index is 0.0334. The lowest BCUT2D eigenvalue weighted by molar-refractivity contribution is -0.113. The zero-order valence-electron chi connectivity index (χ0n) is 5.36. The Hall–Kier alpha value is -0.560. The normalized spacial score (nSPS) is 11.1. The van der Waals surface area contributed by atoms with Crippen molar-refractivity contribution in [2.75, 3.05) is 5.88 Å². The molecule has 0 aliphatic heterocycles. The van der Waals surface area contributed by atoms with Gasteiger partial charge in [0.1, 0.15) is 0 Å². The van der Waals surface area contributed by atoms with Gasteiger partial charge in [0, 0.05) is 5.57 Å². The van der Waals surface area contributed by atoms with Crippen LogP contribution in [0.3, 0.4) is 0 Å². The second-order valence-corrected chi connectivity index (χ2v) is 1.77. The first-order valence-electron chi connectivity index (χ1n) is 2.64. The van der Waals surface area contributed by atoms with E-state index < -0.39 is 0 Å². The molecule has 1 nitrogen and oxygen atoms in total. The number of hydrogen-bond donors (Lipinski definition) is 0. The molecule has 0 saturated heterocycles. The summed E-state index contributed by atoms with van der Waals surface area (Å²) in [5.74, 6) is -0.0414. The highest BCUT2D eigenvalue weighted by molar-refractivity contribution is 6.30. The molecule has 0 spiro atoms. The number of halogens is 1. The van der Waals surface area contributed by atoms with E-state index >= 15 is 0 Å². The highest BCUT2D eigenvalue weighted by Gasteiger charge is 2.00. The highest BCUT2D eigenvalue weighted by atomic mass is 35.5. The lowest BCUT2D eigenvalue weighted by Crippen LogP contribution is -2.00. The average molecular weight is 145 g/mol. The van der Waals surface area contributed by atoms with E-state index in [-0.39, 0.29) is 11.7 Å². The Bertz CT molecular complexity index is 147. The van der Waals surface area contributed by atoms with Gasteiger partial charge in [-0.2, -0.15) is 0 Å². The Morgan fingerprint density at radius 1 is 1.78 bits per heavy atom. The number of rotatable bonds is 3. The summed E-state index contributed by atoms with van der Waals surface area (Å²) in [5.41, 5.74) is 0.588. The largest absolute Gasteiger partial charge is 0.293 e. The summed E-state index contributed by atoms with van der Waals surface area (Å²) in [7, 11) is 0. The van der Waals surface area contributed by atoms with E-state index in [1.165, 1.54) is 6.08 Å². The summed E-state index contributed by atoms with van der Waals surface area (Å²) in [4.78, 5) is 10.7. The maximum absolute atomic E-state index is 10.7. The first-order valence-corrected chi connectivity index (χ1v) is 3.17. The minimum atomic E-state index is -0.0748. The SMILES string of the molecule is C=CC(=CC)C(=O)CCl. The predicted octanol–water partition coefficient (Wildman–Crippen LogP) is 1.93. The zero-order chi connectivity index (χ0) is 7.28. The molecular weight excluding hydrogens is 136 g/mol. The fourth-order valence-electron chi connectivity index (χ4n) is 0.470. The van der Waals surface area contributed by atoms with E-state index in [0.717, 1.165) is 0 Å². The molecule has 0 aliphatic rings. The molecule has 0 radical (unpaired) electrons. The number of carbonyl (C=O) groups is 1. The van der Waals surface area contributed by atoms with Crippen molar-refractivity contribution in [3.8, 4) is 0 Å². The molecule has 0 heterocycles. The molecule has 0 aromatic rings. The van der Waals surface area contributed by atoms with Gasteiger partial charge in [0.15, 0.2) is 5.78 Å². The molecule has 0 aromatic heterocycles. The van der Waals surface area contributed by atoms with Crippen LogP contribution in [0.4, 0.5) is 0 Å². The van der Waals surface area contributed by atoms with Crippen LogP contribution < -0.4 is 0 Å². The van der Waals surface area contributed by atoms with Crippen LogP contribution >= 0.6 is 11.6 Å². The van der Waals surface area contributed by atoms with Crippen LogP contribution in [0.25, 0.3) is 0 Å². The van der Waals surface area contributed by atoms with Crippen LogP contribution in [-0.4, -0.2) is 11.7 Å². The third-order valence-electron chi connectivity index (χ3n) is 0.974. The van der Waals surface area contributed by atoms with Crippen LogP contribution in [0, 0.1) is 0 Å². The van der Waals surface area contributed by atoms with E-state index in [0.29, 0.717) is 5.57 Å². The van der Waals surface area contributed by atoms with Gasteiger partial charge in [-0.15, -0.1) is 11.6 Å². The van der Waals surface area contributed by atoms with Gasteiger partial charge in [0.2, 0.25) is 0 Å². The zero-order valence-corrected chi connectivity index (χ0v) is 6.11. The Kier molecular flexibility index (Phi) is 4.06. The monoisotopic (exact) mass is 144 g/mol. The first kappa shape index (κ1) is 8.44. The smallest absolute Gasteiger partial charge is 0.177 e. The number of ketones is 1. The minimum Gasteiger partial charge on any atom is -0.293 e. The van der Waals surface area contributed by atoms with Gasteiger partial charge >= 0.3 is 0 Å². The van der Waals surface area contributed by atoms with Gasteiger partial charge in [-0.25, -0.2) is 0 Å². The molecule has 50 valence electrons. The molecule has 0 fully saturated rings. The molecule has 0 N–H and O–H groups in total. The number of carbonyl (C=O) groups excluding carboxylic acids is 1. The first-order chi connectivity index (χ1) is 4.26. The van der Waals surface area contributed by atoms with Crippen molar-refractivity contribution in [3.63, 3.8) is 0 Å². The van der Waals surface area contributed by atoms with E-state index in [9.17, 15) is 4.79 Å². The van der Waals surface area contributed by atoms with Gasteiger partial charge in [-0.3, -0.25) is 4.79 Å². The van der Waals surface area contributed by atoms with Crippen LogP contribution in [0.1, 0.15) is 6.92 Å². The average Bonchev–Trinajstić information content (AvgIpc) is 1.90. The number of alkyl halides is 1. The van der Waals surface area contributed by atoms with Crippen molar-refractivity contribution in [1.29, 1.82) is 0 Å². The van der Waals surface area contributed by atoms with Crippen LogP contribution in [-0.2, 0) is 4.79 Å². The Morgan fingerprint density at radius 2 is 2.33 bits per heavy atom. The van der Waals surface area contributed by atoms with Gasteiger partial charge in [-0.05, 0) is 6.92 Å². The van der Waals surface area contributed by atoms with E-state index in [4.69, 9.17) is 11.6 Å². The van der Waals surface area contributed by atoms with Gasteiger partial charge in [0.05, 0.1) is 5.88 Å². The number of allylic oxidation sites excluding steroid dienone is 3. The molecule has 0 saturated carbocycles. The van der Waals surface area contributed by atoms with Crippen LogP contribution in [0.5, 0.6) is 0 Å². The molecule has 9 heavy (non-hydrogen) atoms. The Morgan fingerprint density at radius 3 is 2.44 bits per heavy atom. The lowest BCUT2D eigenvalue weighted by Gasteiger charge is -1.92. The second-order valence-electron chi connectivity index (χ2n) is 1.50. The fraction of sp³-hybridized carbons (Fsp3) is 0.286. The van der Waals surface area contributed by atoms with Gasteiger partial charge < -0.3 is 0 Å². The summed E-state index contributed by atoms with van der Waals surface area (Å²) in [6, 6.07) is 0. The van der Waals surface area contributed by atoms with Crippen molar-refractivity contribution in [1.82, 2.24) is 0 Å². The van der Waals surface area contributed by atoms with Crippen LogP contribution in [0.15, 0.2) is 24.3 Å². The summed E-state index contributed by atoms with van der Waals surface area (Å²) in [6.45, 7) is 5.23. The molecule has 0 bridgehead atoms. The summed E-state index contributed by atoms with van der Waals surface area (Å²) >= 11 is 5.27. The molecule has 0 aliphatic carbocycles. The van der Waals surface area contributed by atoms with E-state index in [1.54, 1.807) is 13.0 Å². The summed E-state index contributed by atoms with van der Waals surface area (Å²) in [5, 5.41) is 0. The Balaban J connectivity index is 4.14. The van der Waals surface area contributed by atoms with Crippen molar-refractivity contribution >= 4 is 17.4 Å². The molecule has 0 atom stereocenters. The standard InChI is InChI=1S/C7H9ClO/c1-3-6(4-2)7(9)5-8/h3-4H,1,5H2,2H3. The fourth-order valence-corrected chi connectivity index (χ4v) is 0.624. The van der Waals surface area contributed by atoms with Crippen molar-refractivity contribution < 1.29 is 4.79 Å². The molecular formula is C7H9ClO. The third kappa shape index (κ3) is 2.47. The predicted molar refractivity (Wildman–Crippen MR) is 39.7 cm³/mol. The molecule has 2 heteroatoms. The number of Topliss-reactive ketones (excluding diaryl/α,β-unsaturated/α-hetero) is 1. The third-order valence-corrected chi connectivity index (χ3v) is 1.22. The maximum atomic E-state index is 10.7. The summed E-state index contributed by atoms with van der Waals surface area (Å²) in [6.07, 6.45) is 3.20. The molecule has 0 aromatic carbocycles. The van der Waals surface area contributed by atoms with Crippen LogP contribution in [0.2, 0.25) is 0 Å². The van der Waals surface area contributed by atoms with Gasteiger partial charge in [-0.1, -0.05) is 18.7 Å². The number of hydrogen-bond acceptors (Lipinski definition) is 1. The highest BCUT2D eigenvalue weighted by Crippen LogP contribution is 1.97. The molecule has 0 rings (SSSR count). The topological polar surface area (TPSA) is 17.1 Å². The van der Waals surface area contributed by atoms with E-state index in [2.05, 4.69) is 6.58 Å².